The van der Waals surface area contributed by atoms with Gasteiger partial charge in [0.15, 0.2) is 11.5 Å². The zero-order valence-electron chi connectivity index (χ0n) is 23.3. The summed E-state index contributed by atoms with van der Waals surface area (Å²) in [5.41, 5.74) is 1.78. The molecule has 0 aliphatic rings. The summed E-state index contributed by atoms with van der Waals surface area (Å²) in [6.45, 7) is -0.495. The Morgan fingerprint density at radius 2 is 1.52 bits per heavy atom. The molecule has 1 atom stereocenters. The largest absolute Gasteiger partial charge is 0.497 e. The van der Waals surface area contributed by atoms with Crippen molar-refractivity contribution in [3.05, 3.63) is 83.9 Å². The first-order valence-corrected chi connectivity index (χ1v) is 14.3. The van der Waals surface area contributed by atoms with Crippen LogP contribution >= 0.6 is 0 Å². The molecule has 0 spiro atoms. The van der Waals surface area contributed by atoms with Crippen LogP contribution in [0, 0.1) is 0 Å². The molecule has 0 radical (unpaired) electrons. The van der Waals surface area contributed by atoms with Gasteiger partial charge in [-0.15, -0.1) is 0 Å². The van der Waals surface area contributed by atoms with E-state index in [2.05, 4.69) is 5.32 Å². The number of anilines is 1. The summed E-state index contributed by atoms with van der Waals surface area (Å²) in [7, 11) is 2.03. The third-order valence-corrected chi connectivity index (χ3v) is 7.48. The molecule has 0 saturated carbocycles. The summed E-state index contributed by atoms with van der Waals surface area (Å²) in [4.78, 5) is 28.6. The van der Waals surface area contributed by atoms with Crippen molar-refractivity contribution in [2.75, 3.05) is 45.5 Å². The smallest absolute Gasteiger partial charge is 0.244 e. The van der Waals surface area contributed by atoms with Gasteiger partial charge in [0.25, 0.3) is 0 Å². The first kappa shape index (κ1) is 30.3. The second kappa shape index (κ2) is 13.7. The highest BCUT2D eigenvalue weighted by atomic mass is 32.2. The van der Waals surface area contributed by atoms with Crippen LogP contribution in [0.5, 0.6) is 17.2 Å². The number of ether oxygens (including phenoxy) is 3. The van der Waals surface area contributed by atoms with Gasteiger partial charge in [-0.3, -0.25) is 13.9 Å². The topological polar surface area (TPSA) is 114 Å². The zero-order valence-corrected chi connectivity index (χ0v) is 24.1. The second-order valence-corrected chi connectivity index (χ2v) is 10.9. The first-order valence-electron chi connectivity index (χ1n) is 12.5. The molecule has 3 aromatic rings. The van der Waals surface area contributed by atoms with Crippen LogP contribution < -0.4 is 23.8 Å². The molecular formula is C29H35N3O7S. The molecule has 2 amide bonds. The molecule has 0 aliphatic heterocycles. The van der Waals surface area contributed by atoms with E-state index in [4.69, 9.17) is 14.2 Å². The number of methoxy groups -OCH3 is 3. The van der Waals surface area contributed by atoms with E-state index >= 15 is 0 Å². The Morgan fingerprint density at radius 3 is 2.12 bits per heavy atom. The van der Waals surface area contributed by atoms with Crippen molar-refractivity contribution in [2.45, 2.75) is 19.0 Å². The Labute approximate surface area is 235 Å². The molecule has 214 valence electrons. The molecule has 1 N–H and O–H groups in total. The molecular weight excluding hydrogens is 534 g/mol. The highest BCUT2D eigenvalue weighted by Crippen LogP contribution is 2.32. The standard InChI is InChI=1S/C29H35N3O7S/c1-30-29(34)25(17-21-10-7-6-8-11-21)31(19-22-12-9-13-24(16-22)37-2)28(33)20-32(40(5,35)36)23-14-15-26(38-3)27(18-23)39-4/h6-16,18,25H,17,19-20H2,1-5H3,(H,30,34). The number of amides is 2. The van der Waals surface area contributed by atoms with E-state index in [1.807, 2.05) is 36.4 Å². The van der Waals surface area contributed by atoms with Gasteiger partial charge in [0.1, 0.15) is 18.3 Å². The monoisotopic (exact) mass is 569 g/mol. The van der Waals surface area contributed by atoms with Gasteiger partial charge >= 0.3 is 0 Å². The van der Waals surface area contributed by atoms with Crippen molar-refractivity contribution in [3.8, 4) is 17.2 Å². The number of benzene rings is 3. The van der Waals surface area contributed by atoms with Crippen LogP contribution in [0.15, 0.2) is 72.8 Å². The predicted molar refractivity (Wildman–Crippen MR) is 153 cm³/mol. The SMILES string of the molecule is CNC(=O)C(Cc1ccccc1)N(Cc1cccc(OC)c1)C(=O)CN(c1ccc(OC)c(OC)c1)S(C)(=O)=O. The molecule has 0 aliphatic carbocycles. The van der Waals surface area contributed by atoms with E-state index in [0.717, 1.165) is 16.1 Å². The van der Waals surface area contributed by atoms with Gasteiger partial charge in [-0.25, -0.2) is 8.42 Å². The van der Waals surface area contributed by atoms with Crippen molar-refractivity contribution >= 4 is 27.5 Å². The minimum absolute atomic E-state index is 0.0461. The van der Waals surface area contributed by atoms with Gasteiger partial charge in [0.2, 0.25) is 21.8 Å². The summed E-state index contributed by atoms with van der Waals surface area (Å²) in [5.74, 6) is 0.368. The third-order valence-electron chi connectivity index (χ3n) is 6.34. The minimum Gasteiger partial charge on any atom is -0.497 e. The van der Waals surface area contributed by atoms with Crippen LogP contribution in [-0.2, 0) is 32.6 Å². The summed E-state index contributed by atoms with van der Waals surface area (Å²) >= 11 is 0. The van der Waals surface area contributed by atoms with Crippen molar-refractivity contribution in [3.63, 3.8) is 0 Å². The van der Waals surface area contributed by atoms with Gasteiger partial charge < -0.3 is 24.4 Å². The highest BCUT2D eigenvalue weighted by molar-refractivity contribution is 7.92. The summed E-state index contributed by atoms with van der Waals surface area (Å²) < 4.78 is 42.8. The lowest BCUT2D eigenvalue weighted by molar-refractivity contribution is -0.139. The van der Waals surface area contributed by atoms with Crippen LogP contribution in [0.2, 0.25) is 0 Å². The van der Waals surface area contributed by atoms with Crippen molar-refractivity contribution in [1.29, 1.82) is 0 Å². The lowest BCUT2D eigenvalue weighted by Crippen LogP contribution is -2.52. The van der Waals surface area contributed by atoms with E-state index in [9.17, 15) is 18.0 Å². The maximum atomic E-state index is 14.0. The molecule has 10 nitrogen and oxygen atoms in total. The number of hydrogen-bond donors (Lipinski definition) is 1. The minimum atomic E-state index is -3.92. The Morgan fingerprint density at radius 1 is 0.850 bits per heavy atom. The van der Waals surface area contributed by atoms with E-state index in [-0.39, 0.29) is 24.6 Å². The number of likely N-dealkylation sites (N-methyl/N-ethyl adjacent to an activating group) is 1. The van der Waals surface area contributed by atoms with Gasteiger partial charge in [0.05, 0.1) is 33.3 Å². The van der Waals surface area contributed by atoms with Gasteiger partial charge in [-0.2, -0.15) is 0 Å². The molecule has 11 heteroatoms. The molecule has 3 aromatic carbocycles. The Bertz CT molecular complexity index is 1410. The third kappa shape index (κ3) is 7.66. The molecule has 0 heterocycles. The van der Waals surface area contributed by atoms with Gasteiger partial charge in [0, 0.05) is 26.1 Å². The number of hydrogen-bond acceptors (Lipinski definition) is 7. The number of carbonyl (C=O) groups excluding carboxylic acids is 2. The van der Waals surface area contributed by atoms with E-state index < -0.39 is 28.5 Å². The van der Waals surface area contributed by atoms with Crippen molar-refractivity contribution < 1.29 is 32.2 Å². The maximum absolute atomic E-state index is 14.0. The predicted octanol–water partition coefficient (Wildman–Crippen LogP) is 2.86. The maximum Gasteiger partial charge on any atom is 0.244 e. The fraction of sp³-hybridized carbons (Fsp3) is 0.310. The second-order valence-electron chi connectivity index (χ2n) is 9.00. The van der Waals surface area contributed by atoms with Gasteiger partial charge in [-0.1, -0.05) is 42.5 Å². The summed E-state index contributed by atoms with van der Waals surface area (Å²) in [6, 6.07) is 20.1. The van der Waals surface area contributed by atoms with E-state index in [1.54, 1.807) is 24.3 Å². The van der Waals surface area contributed by atoms with Crippen molar-refractivity contribution in [1.82, 2.24) is 10.2 Å². The van der Waals surface area contributed by atoms with Crippen LogP contribution in [-0.4, -0.2) is 72.4 Å². The number of nitrogens with one attached hydrogen (secondary N) is 1. The number of carbonyl (C=O) groups is 2. The Hall–Kier alpha value is -4.25. The highest BCUT2D eigenvalue weighted by Gasteiger charge is 2.33. The lowest BCUT2D eigenvalue weighted by Gasteiger charge is -2.33. The molecule has 0 aromatic heterocycles. The van der Waals surface area contributed by atoms with E-state index in [0.29, 0.717) is 22.8 Å². The zero-order chi connectivity index (χ0) is 29.3. The number of sulfonamides is 1. The average Bonchev–Trinajstić information content (AvgIpc) is 2.96. The number of rotatable bonds is 13. The number of nitrogens with zero attached hydrogens (tertiary/aromatic N) is 2. The van der Waals surface area contributed by atoms with Crippen molar-refractivity contribution in [2.24, 2.45) is 0 Å². The molecule has 0 fully saturated rings. The first-order chi connectivity index (χ1) is 19.1. The lowest BCUT2D eigenvalue weighted by atomic mass is 10.0. The van der Waals surface area contributed by atoms with E-state index in [1.165, 1.54) is 45.4 Å². The quantitative estimate of drug-likeness (QED) is 0.337. The molecule has 40 heavy (non-hydrogen) atoms. The van der Waals surface area contributed by atoms with Crippen LogP contribution in [0.3, 0.4) is 0 Å². The molecule has 0 saturated heterocycles. The molecule has 3 rings (SSSR count). The average molecular weight is 570 g/mol. The summed E-state index contributed by atoms with van der Waals surface area (Å²) in [5, 5.41) is 2.65. The fourth-order valence-corrected chi connectivity index (χ4v) is 5.12. The van der Waals surface area contributed by atoms with Crippen LogP contribution in [0.25, 0.3) is 0 Å². The molecule has 1 unspecified atom stereocenters. The van der Waals surface area contributed by atoms with Crippen LogP contribution in [0.4, 0.5) is 5.69 Å². The molecule has 0 bridgehead atoms. The van der Waals surface area contributed by atoms with Crippen LogP contribution in [0.1, 0.15) is 11.1 Å². The van der Waals surface area contributed by atoms with Gasteiger partial charge in [-0.05, 0) is 35.4 Å². The normalized spacial score (nSPS) is 11.7. The summed E-state index contributed by atoms with van der Waals surface area (Å²) in [6.07, 6.45) is 1.25. The Balaban J connectivity index is 2.06. The Kier molecular flexibility index (Phi) is 10.4. The fourth-order valence-electron chi connectivity index (χ4n) is 4.28.